The molecule has 3 heterocycles. The molecule has 5 nitrogen and oxygen atoms in total. The van der Waals surface area contributed by atoms with Crippen LogP contribution in [0.15, 0.2) is 79.1 Å². The third-order valence-electron chi connectivity index (χ3n) is 6.75. The number of rotatable bonds is 4. The molecule has 5 heteroatoms. The van der Waals surface area contributed by atoms with Crippen molar-refractivity contribution in [2.75, 3.05) is 19.6 Å². The lowest BCUT2D eigenvalue weighted by Gasteiger charge is -2.44. The van der Waals surface area contributed by atoms with E-state index in [1.165, 1.54) is 22.3 Å². The number of amides is 2. The maximum atomic E-state index is 13.4. The van der Waals surface area contributed by atoms with Crippen molar-refractivity contribution >= 4 is 6.03 Å². The quantitative estimate of drug-likeness (QED) is 0.673. The highest BCUT2D eigenvalue weighted by Crippen LogP contribution is 2.36. The number of benzene rings is 2. The molecular formula is C27H30N4O. The predicted octanol–water partition coefficient (Wildman–Crippen LogP) is 4.40. The molecule has 2 aliphatic heterocycles. The van der Waals surface area contributed by atoms with E-state index in [2.05, 4.69) is 80.8 Å². The molecule has 1 aromatic heterocycles. The zero-order chi connectivity index (χ0) is 21.8. The Kier molecular flexibility index (Phi) is 6.17. The van der Waals surface area contributed by atoms with E-state index in [4.69, 9.17) is 0 Å². The minimum absolute atomic E-state index is 0.0564. The summed E-state index contributed by atoms with van der Waals surface area (Å²) in [5, 5.41) is 3.19. The molecule has 5 rings (SSSR count). The molecule has 3 aromatic rings. The number of hydrogen-bond acceptors (Lipinski definition) is 3. The van der Waals surface area contributed by atoms with Crippen molar-refractivity contribution < 1.29 is 4.79 Å². The van der Waals surface area contributed by atoms with Crippen LogP contribution >= 0.6 is 0 Å². The average molecular weight is 427 g/mol. The van der Waals surface area contributed by atoms with E-state index in [1.54, 1.807) is 0 Å². The van der Waals surface area contributed by atoms with Crippen molar-refractivity contribution in [1.82, 2.24) is 20.1 Å². The summed E-state index contributed by atoms with van der Waals surface area (Å²) < 4.78 is 0. The van der Waals surface area contributed by atoms with Gasteiger partial charge in [-0.1, -0.05) is 54.6 Å². The summed E-state index contributed by atoms with van der Waals surface area (Å²) in [6.45, 7) is 3.58. The minimum Gasteiger partial charge on any atom is -0.338 e. The molecule has 2 amide bonds. The van der Waals surface area contributed by atoms with Gasteiger partial charge >= 0.3 is 6.03 Å². The highest BCUT2D eigenvalue weighted by Gasteiger charge is 2.36. The number of nitrogens with zero attached hydrogens (tertiary/aromatic N) is 3. The molecule has 0 saturated carbocycles. The van der Waals surface area contributed by atoms with Crippen LogP contribution in [0, 0.1) is 0 Å². The van der Waals surface area contributed by atoms with Crippen LogP contribution in [0.25, 0.3) is 0 Å². The van der Waals surface area contributed by atoms with Crippen LogP contribution in [-0.2, 0) is 13.0 Å². The largest absolute Gasteiger partial charge is 0.338 e. The summed E-state index contributed by atoms with van der Waals surface area (Å²) in [5.41, 5.74) is 5.05. The molecule has 2 aromatic carbocycles. The number of nitrogens with one attached hydrogen (secondary N) is 1. The zero-order valence-corrected chi connectivity index (χ0v) is 18.4. The van der Waals surface area contributed by atoms with E-state index in [1.807, 2.05) is 18.5 Å². The van der Waals surface area contributed by atoms with E-state index in [-0.39, 0.29) is 18.1 Å². The van der Waals surface area contributed by atoms with Gasteiger partial charge in [-0.25, -0.2) is 4.79 Å². The minimum atomic E-state index is -0.0653. The summed E-state index contributed by atoms with van der Waals surface area (Å²) in [7, 11) is 0. The number of hydrogen-bond donors (Lipinski definition) is 1. The standard InChI is InChI=1S/C27H30N4O/c32-27-29-17-12-22-6-4-5-9-25(22)26(23-7-2-1-3-8-23)31(27)24-13-18-30(19-14-24)20-21-10-15-28-16-11-21/h1-11,15-16,24,26H,12-14,17-20H2,(H,29,32). The second-order valence-corrected chi connectivity index (χ2v) is 8.76. The number of aromatic nitrogens is 1. The van der Waals surface area contributed by atoms with Gasteiger partial charge in [0.25, 0.3) is 0 Å². The fraction of sp³-hybridized carbons (Fsp3) is 0.333. The molecule has 1 N–H and O–H groups in total. The second-order valence-electron chi connectivity index (χ2n) is 8.76. The number of urea groups is 1. The molecule has 1 fully saturated rings. The number of likely N-dealkylation sites (tertiary alicyclic amines) is 1. The van der Waals surface area contributed by atoms with Crippen molar-refractivity contribution in [2.45, 2.75) is 37.9 Å². The molecule has 1 unspecified atom stereocenters. The Labute approximate surface area is 190 Å². The van der Waals surface area contributed by atoms with Gasteiger partial charge in [0.05, 0.1) is 6.04 Å². The van der Waals surface area contributed by atoms with Crippen LogP contribution in [0.4, 0.5) is 4.79 Å². The molecule has 0 radical (unpaired) electrons. The molecule has 164 valence electrons. The second kappa shape index (κ2) is 9.53. The van der Waals surface area contributed by atoms with Crippen LogP contribution < -0.4 is 5.32 Å². The summed E-state index contributed by atoms with van der Waals surface area (Å²) in [5.74, 6) is 0. The summed E-state index contributed by atoms with van der Waals surface area (Å²) >= 11 is 0. The van der Waals surface area contributed by atoms with Crippen molar-refractivity contribution in [2.24, 2.45) is 0 Å². The van der Waals surface area contributed by atoms with Crippen molar-refractivity contribution in [3.8, 4) is 0 Å². The van der Waals surface area contributed by atoms with E-state index < -0.39 is 0 Å². The highest BCUT2D eigenvalue weighted by atomic mass is 16.2. The first-order valence-corrected chi connectivity index (χ1v) is 11.6. The first-order chi connectivity index (χ1) is 15.8. The Balaban J connectivity index is 1.42. The summed E-state index contributed by atoms with van der Waals surface area (Å²) in [6, 6.07) is 23.5. The number of carbonyl (C=O) groups excluding carboxylic acids is 1. The third-order valence-corrected chi connectivity index (χ3v) is 6.75. The van der Waals surface area contributed by atoms with Crippen molar-refractivity contribution in [3.05, 3.63) is 101 Å². The Bertz CT molecular complexity index is 1030. The van der Waals surface area contributed by atoms with Crippen LogP contribution in [0.5, 0.6) is 0 Å². The van der Waals surface area contributed by atoms with Gasteiger partial charge < -0.3 is 10.2 Å². The molecule has 0 spiro atoms. The molecule has 32 heavy (non-hydrogen) atoms. The highest BCUT2D eigenvalue weighted by molar-refractivity contribution is 5.76. The molecule has 0 aliphatic carbocycles. The van der Waals surface area contributed by atoms with E-state index >= 15 is 0 Å². The lowest BCUT2D eigenvalue weighted by Crippen LogP contribution is -2.53. The molecule has 1 saturated heterocycles. The number of piperidine rings is 1. The SMILES string of the molecule is O=C1NCCc2ccccc2C(c2ccccc2)N1C1CCN(Cc2ccncc2)CC1. The topological polar surface area (TPSA) is 48.5 Å². The van der Waals surface area contributed by atoms with Gasteiger partial charge in [0.1, 0.15) is 0 Å². The monoisotopic (exact) mass is 426 g/mol. The van der Waals surface area contributed by atoms with Gasteiger partial charge in [0, 0.05) is 44.6 Å². The maximum absolute atomic E-state index is 13.4. The van der Waals surface area contributed by atoms with Crippen molar-refractivity contribution in [3.63, 3.8) is 0 Å². The normalized spacial score (nSPS) is 20.2. The Morgan fingerprint density at radius 3 is 2.41 bits per heavy atom. The van der Waals surface area contributed by atoms with Gasteiger partial charge in [-0.05, 0) is 53.6 Å². The molecule has 1 atom stereocenters. The fourth-order valence-electron chi connectivity index (χ4n) is 5.15. The van der Waals surface area contributed by atoms with Gasteiger partial charge in [0.15, 0.2) is 0 Å². The Hall–Kier alpha value is -3.18. The summed E-state index contributed by atoms with van der Waals surface area (Å²) in [6.07, 6.45) is 6.53. The molecular weight excluding hydrogens is 396 g/mol. The van der Waals surface area contributed by atoms with Crippen molar-refractivity contribution in [1.29, 1.82) is 0 Å². The zero-order valence-electron chi connectivity index (χ0n) is 18.4. The third kappa shape index (κ3) is 4.39. The fourth-order valence-corrected chi connectivity index (χ4v) is 5.15. The van der Waals surface area contributed by atoms with Gasteiger partial charge in [-0.2, -0.15) is 0 Å². The lowest BCUT2D eigenvalue weighted by atomic mass is 9.89. The molecule has 2 aliphatic rings. The predicted molar refractivity (Wildman–Crippen MR) is 126 cm³/mol. The van der Waals surface area contributed by atoms with E-state index in [9.17, 15) is 4.79 Å². The van der Waals surface area contributed by atoms with Gasteiger partial charge in [-0.3, -0.25) is 9.88 Å². The van der Waals surface area contributed by atoms with E-state index in [0.29, 0.717) is 6.54 Å². The van der Waals surface area contributed by atoms with Gasteiger partial charge in [-0.15, -0.1) is 0 Å². The van der Waals surface area contributed by atoms with Gasteiger partial charge in [0.2, 0.25) is 0 Å². The Morgan fingerprint density at radius 2 is 1.62 bits per heavy atom. The smallest absolute Gasteiger partial charge is 0.318 e. The van der Waals surface area contributed by atoms with Crippen LogP contribution in [0.2, 0.25) is 0 Å². The first kappa shape index (κ1) is 20.7. The molecule has 0 bridgehead atoms. The average Bonchev–Trinajstić information content (AvgIpc) is 2.84. The summed E-state index contributed by atoms with van der Waals surface area (Å²) in [4.78, 5) is 22.2. The van der Waals surface area contributed by atoms with Crippen LogP contribution in [-0.4, -0.2) is 46.5 Å². The Morgan fingerprint density at radius 1 is 0.906 bits per heavy atom. The number of fused-ring (bicyclic) bond motifs is 1. The first-order valence-electron chi connectivity index (χ1n) is 11.6. The maximum Gasteiger partial charge on any atom is 0.318 e. The van der Waals surface area contributed by atoms with Crippen LogP contribution in [0.1, 0.15) is 41.1 Å². The number of pyridine rings is 1. The van der Waals surface area contributed by atoms with E-state index in [0.717, 1.165) is 38.9 Å². The lowest BCUT2D eigenvalue weighted by molar-refractivity contribution is 0.0998. The van der Waals surface area contributed by atoms with Crippen LogP contribution in [0.3, 0.4) is 0 Å². The number of carbonyl (C=O) groups is 1.